The number of hydrogen-bond donors (Lipinski definition) is 1. The summed E-state index contributed by atoms with van der Waals surface area (Å²) >= 11 is 3.45. The molecule has 4 heteroatoms. The van der Waals surface area contributed by atoms with E-state index in [1.54, 1.807) is 25.5 Å². The molecule has 1 N–H and O–H groups in total. The van der Waals surface area contributed by atoms with Crippen LogP contribution >= 0.6 is 15.9 Å². The third kappa shape index (κ3) is 2.90. The molecule has 17 heavy (non-hydrogen) atoms. The first kappa shape index (κ1) is 12.2. The van der Waals surface area contributed by atoms with E-state index in [0.717, 1.165) is 15.8 Å². The van der Waals surface area contributed by atoms with Gasteiger partial charge < -0.3 is 14.3 Å². The van der Waals surface area contributed by atoms with E-state index in [1.165, 1.54) is 0 Å². The van der Waals surface area contributed by atoms with Crippen molar-refractivity contribution in [2.24, 2.45) is 0 Å². The monoisotopic (exact) mass is 296 g/mol. The molecule has 0 bridgehead atoms. The van der Waals surface area contributed by atoms with Crippen molar-refractivity contribution in [2.45, 2.75) is 12.5 Å². The lowest BCUT2D eigenvalue weighted by Gasteiger charge is -2.11. The molecule has 0 saturated heterocycles. The smallest absolute Gasteiger partial charge is 0.132 e. The molecule has 1 aromatic heterocycles. The van der Waals surface area contributed by atoms with Crippen LogP contribution in [-0.2, 0) is 6.42 Å². The normalized spacial score (nSPS) is 12.4. The average molecular weight is 297 g/mol. The zero-order chi connectivity index (χ0) is 12.3. The van der Waals surface area contributed by atoms with Crippen molar-refractivity contribution in [3.8, 4) is 5.75 Å². The Morgan fingerprint density at radius 2 is 2.24 bits per heavy atom. The highest BCUT2D eigenvalue weighted by Gasteiger charge is 2.13. The maximum atomic E-state index is 10.00. The lowest BCUT2D eigenvalue weighted by atomic mass is 10.1. The van der Waals surface area contributed by atoms with Crippen LogP contribution in [0, 0.1) is 0 Å². The predicted octanol–water partition coefficient (Wildman–Crippen LogP) is 3.33. The van der Waals surface area contributed by atoms with Gasteiger partial charge in [0.2, 0.25) is 0 Å². The second-order valence-corrected chi connectivity index (χ2v) is 4.55. The highest BCUT2D eigenvalue weighted by molar-refractivity contribution is 9.10. The number of rotatable bonds is 4. The Hall–Kier alpha value is -1.26. The van der Waals surface area contributed by atoms with Gasteiger partial charge in [-0.3, -0.25) is 0 Å². The van der Waals surface area contributed by atoms with Crippen molar-refractivity contribution in [1.82, 2.24) is 0 Å². The lowest BCUT2D eigenvalue weighted by molar-refractivity contribution is 0.150. The van der Waals surface area contributed by atoms with E-state index < -0.39 is 6.10 Å². The molecular formula is C13H13BrO3. The van der Waals surface area contributed by atoms with Gasteiger partial charge in [-0.2, -0.15) is 0 Å². The van der Waals surface area contributed by atoms with Crippen LogP contribution in [0.3, 0.4) is 0 Å². The van der Waals surface area contributed by atoms with E-state index in [9.17, 15) is 5.11 Å². The van der Waals surface area contributed by atoms with E-state index in [2.05, 4.69) is 15.9 Å². The minimum absolute atomic E-state index is 0.477. The fourth-order valence-electron chi connectivity index (χ4n) is 1.62. The number of aliphatic hydroxyl groups excluding tert-OH is 1. The molecule has 3 nitrogen and oxygen atoms in total. The molecule has 1 aromatic carbocycles. The number of benzene rings is 1. The summed E-state index contributed by atoms with van der Waals surface area (Å²) in [5.74, 6) is 1.34. The first-order valence-corrected chi connectivity index (χ1v) is 6.04. The summed E-state index contributed by atoms with van der Waals surface area (Å²) < 4.78 is 11.3. The zero-order valence-electron chi connectivity index (χ0n) is 9.39. The maximum Gasteiger partial charge on any atom is 0.132 e. The van der Waals surface area contributed by atoms with Crippen LogP contribution in [-0.4, -0.2) is 12.2 Å². The summed E-state index contributed by atoms with van der Waals surface area (Å²) in [6.07, 6.45) is 1.39. The molecular weight excluding hydrogens is 284 g/mol. The molecule has 1 heterocycles. The van der Waals surface area contributed by atoms with Gasteiger partial charge in [0.15, 0.2) is 0 Å². The Balaban J connectivity index is 2.18. The Kier molecular flexibility index (Phi) is 3.86. The first-order valence-electron chi connectivity index (χ1n) is 5.24. The quantitative estimate of drug-likeness (QED) is 0.941. The molecule has 0 amide bonds. The SMILES string of the molecule is COc1ccc(Br)c(CC(O)c2ccco2)c1. The molecule has 1 atom stereocenters. The van der Waals surface area contributed by atoms with Gasteiger partial charge in [-0.1, -0.05) is 15.9 Å². The zero-order valence-corrected chi connectivity index (χ0v) is 11.0. The molecule has 0 fully saturated rings. The summed E-state index contributed by atoms with van der Waals surface area (Å²) in [7, 11) is 1.62. The molecule has 2 rings (SSSR count). The van der Waals surface area contributed by atoms with Crippen molar-refractivity contribution in [3.05, 3.63) is 52.4 Å². The predicted molar refractivity (Wildman–Crippen MR) is 68.1 cm³/mol. The fraction of sp³-hybridized carbons (Fsp3) is 0.231. The summed E-state index contributed by atoms with van der Waals surface area (Å²) in [6.45, 7) is 0. The lowest BCUT2D eigenvalue weighted by Crippen LogP contribution is -2.01. The molecule has 0 aliphatic rings. The molecule has 0 aliphatic heterocycles. The molecule has 0 aliphatic carbocycles. The Morgan fingerprint density at radius 1 is 1.41 bits per heavy atom. The van der Waals surface area contributed by atoms with Gasteiger partial charge in [-0.05, 0) is 35.9 Å². The topological polar surface area (TPSA) is 42.6 Å². The second-order valence-electron chi connectivity index (χ2n) is 3.69. The minimum Gasteiger partial charge on any atom is -0.497 e. The Labute approximate surface area is 108 Å². The summed E-state index contributed by atoms with van der Waals surface area (Å²) in [5, 5.41) is 10.00. The van der Waals surface area contributed by atoms with Crippen molar-refractivity contribution in [1.29, 1.82) is 0 Å². The van der Waals surface area contributed by atoms with Gasteiger partial charge in [0.1, 0.15) is 17.6 Å². The first-order chi connectivity index (χ1) is 8.20. The van der Waals surface area contributed by atoms with Crippen molar-refractivity contribution in [3.63, 3.8) is 0 Å². The fourth-order valence-corrected chi connectivity index (χ4v) is 2.03. The van der Waals surface area contributed by atoms with E-state index in [0.29, 0.717) is 12.2 Å². The van der Waals surface area contributed by atoms with E-state index in [-0.39, 0.29) is 0 Å². The standard InChI is InChI=1S/C13H13BrO3/c1-16-10-4-5-11(14)9(7-10)8-12(15)13-3-2-6-17-13/h2-7,12,15H,8H2,1H3. The number of halogens is 1. The van der Waals surface area contributed by atoms with Crippen LogP contribution in [0.4, 0.5) is 0 Å². The minimum atomic E-state index is -0.645. The Morgan fingerprint density at radius 3 is 2.88 bits per heavy atom. The van der Waals surface area contributed by atoms with Crippen LogP contribution in [0.2, 0.25) is 0 Å². The summed E-state index contributed by atoms with van der Waals surface area (Å²) in [5.41, 5.74) is 0.980. The number of aliphatic hydroxyl groups is 1. The van der Waals surface area contributed by atoms with E-state index in [4.69, 9.17) is 9.15 Å². The number of furan rings is 1. The molecule has 2 aromatic rings. The van der Waals surface area contributed by atoms with E-state index in [1.807, 2.05) is 18.2 Å². The van der Waals surface area contributed by atoms with Crippen LogP contribution in [0.25, 0.3) is 0 Å². The van der Waals surface area contributed by atoms with Crippen LogP contribution in [0.1, 0.15) is 17.4 Å². The van der Waals surface area contributed by atoms with Crippen molar-refractivity contribution in [2.75, 3.05) is 7.11 Å². The van der Waals surface area contributed by atoms with Crippen molar-refractivity contribution < 1.29 is 14.3 Å². The molecule has 90 valence electrons. The van der Waals surface area contributed by atoms with Crippen LogP contribution < -0.4 is 4.74 Å². The summed E-state index contributed by atoms with van der Waals surface area (Å²) in [4.78, 5) is 0. The number of methoxy groups -OCH3 is 1. The van der Waals surface area contributed by atoms with Crippen molar-refractivity contribution >= 4 is 15.9 Å². The number of hydrogen-bond acceptors (Lipinski definition) is 3. The molecule has 0 spiro atoms. The molecule has 0 saturated carbocycles. The Bertz CT molecular complexity index is 479. The van der Waals surface area contributed by atoms with Crippen LogP contribution in [0.15, 0.2) is 45.5 Å². The van der Waals surface area contributed by atoms with Gasteiger partial charge in [0.25, 0.3) is 0 Å². The van der Waals surface area contributed by atoms with Gasteiger partial charge in [0.05, 0.1) is 13.4 Å². The molecule has 0 radical (unpaired) electrons. The van der Waals surface area contributed by atoms with Gasteiger partial charge in [-0.25, -0.2) is 0 Å². The van der Waals surface area contributed by atoms with Gasteiger partial charge >= 0.3 is 0 Å². The summed E-state index contributed by atoms with van der Waals surface area (Å²) in [6, 6.07) is 9.20. The highest BCUT2D eigenvalue weighted by atomic mass is 79.9. The molecule has 1 unspecified atom stereocenters. The van der Waals surface area contributed by atoms with Gasteiger partial charge in [-0.15, -0.1) is 0 Å². The average Bonchev–Trinajstić information content (AvgIpc) is 2.85. The number of ether oxygens (including phenoxy) is 1. The van der Waals surface area contributed by atoms with Crippen LogP contribution in [0.5, 0.6) is 5.75 Å². The van der Waals surface area contributed by atoms with E-state index >= 15 is 0 Å². The largest absolute Gasteiger partial charge is 0.497 e. The highest BCUT2D eigenvalue weighted by Crippen LogP contribution is 2.27. The third-order valence-corrected chi connectivity index (χ3v) is 3.31. The third-order valence-electron chi connectivity index (χ3n) is 2.54. The maximum absolute atomic E-state index is 10.00. The second kappa shape index (κ2) is 5.38. The van der Waals surface area contributed by atoms with Gasteiger partial charge in [0, 0.05) is 10.9 Å².